The van der Waals surface area contributed by atoms with Crippen molar-refractivity contribution in [1.82, 2.24) is 31.1 Å². The Morgan fingerprint density at radius 1 is 1.06 bits per heavy atom. The summed E-state index contributed by atoms with van der Waals surface area (Å²) >= 11 is 12.9. The van der Waals surface area contributed by atoms with Crippen molar-refractivity contribution < 1.29 is 23.5 Å². The van der Waals surface area contributed by atoms with Gasteiger partial charge in [0, 0.05) is 22.5 Å². The van der Waals surface area contributed by atoms with Gasteiger partial charge in [-0.2, -0.15) is 0 Å². The van der Waals surface area contributed by atoms with Crippen molar-refractivity contribution in [2.24, 2.45) is 11.8 Å². The van der Waals surface area contributed by atoms with E-state index in [4.69, 9.17) is 38.1 Å². The molecule has 5 atom stereocenters. The highest BCUT2D eigenvalue weighted by Gasteiger charge is 2.47. The molecule has 12 nitrogen and oxygen atoms in total. The summed E-state index contributed by atoms with van der Waals surface area (Å²) in [6.07, 6.45) is 1.32. The fraction of sp³-hybridized carbons (Fsp3) is 0.441. The van der Waals surface area contributed by atoms with E-state index in [1.165, 1.54) is 0 Å². The molecular weight excluding hydrogens is 657 g/mol. The van der Waals surface area contributed by atoms with Crippen LogP contribution in [0.1, 0.15) is 75.7 Å². The minimum Gasteiger partial charge on any atom is -0.445 e. The van der Waals surface area contributed by atoms with Gasteiger partial charge in [0.1, 0.15) is 24.2 Å². The normalized spacial score (nSPS) is 18.3. The van der Waals surface area contributed by atoms with Gasteiger partial charge in [0.2, 0.25) is 17.7 Å². The zero-order chi connectivity index (χ0) is 34.6. The van der Waals surface area contributed by atoms with Crippen molar-refractivity contribution in [2.75, 3.05) is 5.73 Å². The topological polar surface area (TPSA) is 177 Å². The molecular formula is C34H41Cl2N7O5. The number of carbonyl (C=O) groups excluding carboxylic acids is 3. The number of fused-ring (bicyclic) bond motifs is 3. The zero-order valence-electron chi connectivity index (χ0n) is 27.4. The number of H-pyrrole nitrogens is 1. The molecule has 48 heavy (non-hydrogen) atoms. The third kappa shape index (κ3) is 7.55. The van der Waals surface area contributed by atoms with Gasteiger partial charge in [-0.25, -0.2) is 4.79 Å². The second kappa shape index (κ2) is 14.9. The van der Waals surface area contributed by atoms with Crippen LogP contribution in [0.25, 0.3) is 10.9 Å². The van der Waals surface area contributed by atoms with Crippen LogP contribution in [0, 0.1) is 11.8 Å². The van der Waals surface area contributed by atoms with Crippen molar-refractivity contribution in [3.8, 4) is 0 Å². The van der Waals surface area contributed by atoms with Gasteiger partial charge in [0.25, 0.3) is 0 Å². The fourth-order valence-corrected chi connectivity index (χ4v) is 6.61. The second-order valence-corrected chi connectivity index (χ2v) is 13.4. The molecule has 6 N–H and O–H groups in total. The Labute approximate surface area is 288 Å². The highest BCUT2D eigenvalue weighted by molar-refractivity contribution is 6.38. The number of ether oxygens (including phenoxy) is 1. The Morgan fingerprint density at radius 2 is 1.79 bits per heavy atom. The van der Waals surface area contributed by atoms with Gasteiger partial charge in [0.15, 0.2) is 0 Å². The van der Waals surface area contributed by atoms with Crippen LogP contribution in [0.5, 0.6) is 0 Å². The predicted octanol–water partition coefficient (Wildman–Crippen LogP) is 6.03. The molecule has 1 aliphatic carbocycles. The van der Waals surface area contributed by atoms with Gasteiger partial charge in [-0.05, 0) is 47.9 Å². The number of nitrogens with one attached hydrogen (secondary N) is 4. The van der Waals surface area contributed by atoms with E-state index in [0.29, 0.717) is 34.8 Å². The number of aryl methyl sites for hydroxylation is 1. The summed E-state index contributed by atoms with van der Waals surface area (Å²) in [5.74, 6) is -1.19. The Morgan fingerprint density at radius 3 is 2.46 bits per heavy atom. The average molecular weight is 699 g/mol. The van der Waals surface area contributed by atoms with Crippen molar-refractivity contribution in [3.05, 3.63) is 75.2 Å². The van der Waals surface area contributed by atoms with Crippen LogP contribution in [0.4, 0.5) is 10.8 Å². The third-order valence-corrected chi connectivity index (χ3v) is 9.82. The van der Waals surface area contributed by atoms with Gasteiger partial charge in [0.05, 0.1) is 10.5 Å². The quantitative estimate of drug-likeness (QED) is 0.119. The predicted molar refractivity (Wildman–Crippen MR) is 183 cm³/mol. The van der Waals surface area contributed by atoms with Gasteiger partial charge in [-0.15, -0.1) is 5.10 Å². The number of nitrogen functional groups attached to an aromatic ring is 1. The second-order valence-electron chi connectivity index (χ2n) is 12.5. The van der Waals surface area contributed by atoms with Crippen LogP contribution in [-0.4, -0.2) is 44.7 Å². The SMILES string of the molecule is CCC(C)[C@H](NC(=O)OCc1ccccc1)C(=O)N[C@@]1(C(=O)N[C@@H](c2nnc(N)o2)C(C)CC)CCc2[nH]c3c(Cl)cc(Cl)cc3c2C1. The number of benzene rings is 2. The Balaban J connectivity index is 1.47. The summed E-state index contributed by atoms with van der Waals surface area (Å²) in [7, 11) is 0. The number of amides is 3. The van der Waals surface area contributed by atoms with E-state index >= 15 is 0 Å². The number of nitrogens with zero attached hydrogens (tertiary/aromatic N) is 2. The number of hydrogen-bond acceptors (Lipinski definition) is 8. The van der Waals surface area contributed by atoms with Crippen molar-refractivity contribution in [3.63, 3.8) is 0 Å². The van der Waals surface area contributed by atoms with E-state index in [-0.39, 0.29) is 43.2 Å². The minimum absolute atomic E-state index is 0.0412. The van der Waals surface area contributed by atoms with Gasteiger partial charge in [-0.1, -0.05) is 99.2 Å². The first kappa shape index (κ1) is 35.0. The molecule has 1 aliphatic rings. The summed E-state index contributed by atoms with van der Waals surface area (Å²) in [5.41, 5.74) is 7.52. The maximum absolute atomic E-state index is 14.6. The number of carbonyl (C=O) groups is 3. The zero-order valence-corrected chi connectivity index (χ0v) is 28.9. The molecule has 256 valence electrons. The maximum Gasteiger partial charge on any atom is 0.408 e. The van der Waals surface area contributed by atoms with E-state index < -0.39 is 35.5 Å². The van der Waals surface area contributed by atoms with Gasteiger partial charge >= 0.3 is 12.1 Å². The van der Waals surface area contributed by atoms with Gasteiger partial charge < -0.3 is 35.8 Å². The number of nitrogens with two attached hydrogens (primary N) is 1. The first-order valence-electron chi connectivity index (χ1n) is 16.1. The summed E-state index contributed by atoms with van der Waals surface area (Å²) in [5, 5.41) is 18.4. The lowest BCUT2D eigenvalue weighted by atomic mass is 9.78. The van der Waals surface area contributed by atoms with Crippen LogP contribution in [0.2, 0.25) is 10.0 Å². The lowest BCUT2D eigenvalue weighted by molar-refractivity contribution is -0.136. The number of anilines is 1. The molecule has 0 saturated carbocycles. The van der Waals surface area contributed by atoms with E-state index in [1.807, 2.05) is 58.0 Å². The largest absolute Gasteiger partial charge is 0.445 e. The highest BCUT2D eigenvalue weighted by Crippen LogP contribution is 2.39. The van der Waals surface area contributed by atoms with Crippen LogP contribution in [-0.2, 0) is 33.8 Å². The molecule has 3 amide bonds. The number of hydrogen-bond donors (Lipinski definition) is 5. The van der Waals surface area contributed by atoms with Crippen LogP contribution in [0.3, 0.4) is 0 Å². The molecule has 0 spiro atoms. The van der Waals surface area contributed by atoms with Crippen LogP contribution < -0.4 is 21.7 Å². The highest BCUT2D eigenvalue weighted by atomic mass is 35.5. The molecule has 0 fully saturated rings. The molecule has 2 heterocycles. The Bertz CT molecular complexity index is 1780. The molecule has 4 aromatic rings. The standard InChI is InChI=1S/C34H41Cl2N7O5/c1-5-18(3)26(40-33(46)47-17-20-10-8-7-9-11-20)29(44)41-34(31(45)39-27(19(4)6-2)30-42-43-32(37)48-30)13-12-25-23(16-34)22-14-21(35)15-24(36)28(22)38-25/h7-11,14-15,18-19,26-27,38H,5-6,12-13,16-17H2,1-4H3,(H2,37,43)(H,39,45)(H,40,46)(H,41,44)/t18?,19?,26-,27+,34-/m0/s1. The van der Waals surface area contributed by atoms with E-state index in [0.717, 1.165) is 22.2 Å². The Kier molecular flexibility index (Phi) is 10.8. The third-order valence-electron chi connectivity index (χ3n) is 9.30. The minimum atomic E-state index is -1.44. The van der Waals surface area contributed by atoms with Gasteiger partial charge in [-0.3, -0.25) is 9.59 Å². The Hall–Kier alpha value is -4.29. The monoisotopic (exact) mass is 697 g/mol. The summed E-state index contributed by atoms with van der Waals surface area (Å²) in [6.45, 7) is 7.74. The lowest BCUT2D eigenvalue weighted by Crippen LogP contribution is -2.65. The van der Waals surface area contributed by atoms with Crippen LogP contribution >= 0.6 is 23.2 Å². The van der Waals surface area contributed by atoms with Crippen LogP contribution in [0.15, 0.2) is 46.9 Å². The first-order valence-corrected chi connectivity index (χ1v) is 16.9. The summed E-state index contributed by atoms with van der Waals surface area (Å²) in [4.78, 5) is 45.2. The molecule has 5 rings (SSSR count). The average Bonchev–Trinajstić information content (AvgIpc) is 3.67. The number of rotatable bonds is 12. The number of aromatic amines is 1. The first-order chi connectivity index (χ1) is 22.9. The maximum atomic E-state index is 14.6. The van der Waals surface area contributed by atoms with E-state index in [2.05, 4.69) is 31.1 Å². The van der Waals surface area contributed by atoms with E-state index in [9.17, 15) is 14.4 Å². The summed E-state index contributed by atoms with van der Waals surface area (Å²) in [6, 6.07) is 10.9. The smallest absolute Gasteiger partial charge is 0.408 e. The van der Waals surface area contributed by atoms with E-state index in [1.54, 1.807) is 12.1 Å². The fourth-order valence-electron chi connectivity index (χ4n) is 6.07. The number of alkyl carbamates (subject to hydrolysis) is 1. The molecule has 0 saturated heterocycles. The molecule has 0 aliphatic heterocycles. The molecule has 2 unspecified atom stereocenters. The molecule has 2 aromatic heterocycles. The molecule has 2 aromatic carbocycles. The molecule has 0 radical (unpaired) electrons. The van der Waals surface area contributed by atoms with Crippen molar-refractivity contribution >= 4 is 58.0 Å². The molecule has 0 bridgehead atoms. The lowest BCUT2D eigenvalue weighted by Gasteiger charge is -2.39. The van der Waals surface area contributed by atoms with Crippen molar-refractivity contribution in [1.29, 1.82) is 0 Å². The number of halogens is 2. The van der Waals surface area contributed by atoms with Crippen molar-refractivity contribution in [2.45, 2.75) is 84.0 Å². The summed E-state index contributed by atoms with van der Waals surface area (Å²) < 4.78 is 11.0. The molecule has 14 heteroatoms. The number of aromatic nitrogens is 3.